The van der Waals surface area contributed by atoms with E-state index in [0.29, 0.717) is 5.75 Å². The van der Waals surface area contributed by atoms with Gasteiger partial charge in [0, 0.05) is 5.33 Å². The summed E-state index contributed by atoms with van der Waals surface area (Å²) in [6.07, 6.45) is 2.88. The van der Waals surface area contributed by atoms with Crippen LogP contribution in [0.5, 0.6) is 5.75 Å². The van der Waals surface area contributed by atoms with Gasteiger partial charge in [-0.3, -0.25) is 4.79 Å². The molecule has 0 aliphatic carbocycles. The highest BCUT2D eigenvalue weighted by Crippen LogP contribution is 2.15. The fourth-order valence-electron chi connectivity index (χ4n) is 1.20. The van der Waals surface area contributed by atoms with Gasteiger partial charge >= 0.3 is 5.97 Å². The van der Waals surface area contributed by atoms with Crippen LogP contribution in [0.4, 0.5) is 0 Å². The van der Waals surface area contributed by atoms with E-state index in [2.05, 4.69) is 31.9 Å². The summed E-state index contributed by atoms with van der Waals surface area (Å²) in [5.41, 5.74) is 0. The van der Waals surface area contributed by atoms with Gasteiger partial charge in [0.1, 0.15) is 10.6 Å². The number of hydrogen-bond donors (Lipinski definition) is 0. The second-order valence-electron chi connectivity index (χ2n) is 3.39. The monoisotopic (exact) mass is 348 g/mol. The summed E-state index contributed by atoms with van der Waals surface area (Å²) in [6, 6.07) is 9.12. The minimum Gasteiger partial charge on any atom is -0.426 e. The number of unbranched alkanes of at least 4 members (excludes halogenated alkanes) is 1. The zero-order valence-corrected chi connectivity index (χ0v) is 12.0. The summed E-state index contributed by atoms with van der Waals surface area (Å²) >= 11 is 6.70. The van der Waals surface area contributed by atoms with Crippen molar-refractivity contribution >= 4 is 37.8 Å². The average molecular weight is 350 g/mol. The normalized spacial score (nSPS) is 12.1. The van der Waals surface area contributed by atoms with Crippen LogP contribution in [0.2, 0.25) is 0 Å². The molecule has 1 rings (SSSR count). The Morgan fingerprint density at radius 2 is 1.94 bits per heavy atom. The highest BCUT2D eigenvalue weighted by molar-refractivity contribution is 9.10. The molecule has 0 amide bonds. The number of carbonyl (C=O) groups excluding carboxylic acids is 1. The first kappa shape index (κ1) is 13.7. The molecule has 0 spiro atoms. The zero-order valence-electron chi connectivity index (χ0n) is 8.86. The van der Waals surface area contributed by atoms with Crippen LogP contribution < -0.4 is 4.74 Å². The maximum Gasteiger partial charge on any atom is 0.325 e. The molecule has 2 nitrogen and oxygen atoms in total. The van der Waals surface area contributed by atoms with Crippen molar-refractivity contribution < 1.29 is 9.53 Å². The second kappa shape index (κ2) is 7.85. The maximum absolute atomic E-state index is 11.6. The molecule has 0 heterocycles. The van der Waals surface area contributed by atoms with E-state index in [4.69, 9.17) is 4.74 Å². The second-order valence-corrected chi connectivity index (χ2v) is 5.28. The lowest BCUT2D eigenvalue weighted by atomic mass is 10.2. The Morgan fingerprint density at radius 1 is 1.25 bits per heavy atom. The molecule has 0 radical (unpaired) electrons. The van der Waals surface area contributed by atoms with Crippen LogP contribution in [0.1, 0.15) is 19.3 Å². The standard InChI is InChI=1S/C12H14Br2O2/c13-9-5-4-8-11(14)12(15)16-10-6-2-1-3-7-10/h1-3,6-7,11H,4-5,8-9H2. The van der Waals surface area contributed by atoms with E-state index in [-0.39, 0.29) is 10.8 Å². The molecular formula is C12H14Br2O2. The van der Waals surface area contributed by atoms with Crippen LogP contribution in [-0.2, 0) is 4.79 Å². The Kier molecular flexibility index (Phi) is 6.73. The van der Waals surface area contributed by atoms with Crippen LogP contribution in [0.15, 0.2) is 30.3 Å². The summed E-state index contributed by atoms with van der Waals surface area (Å²) in [7, 11) is 0. The van der Waals surface area contributed by atoms with E-state index in [0.717, 1.165) is 24.6 Å². The number of rotatable bonds is 6. The van der Waals surface area contributed by atoms with Gasteiger partial charge < -0.3 is 4.74 Å². The average Bonchev–Trinajstić information content (AvgIpc) is 2.30. The van der Waals surface area contributed by atoms with Crippen LogP contribution >= 0.6 is 31.9 Å². The van der Waals surface area contributed by atoms with Crippen molar-refractivity contribution in [2.45, 2.75) is 24.1 Å². The lowest BCUT2D eigenvalue weighted by Gasteiger charge is -2.09. The molecule has 0 saturated heterocycles. The number of benzene rings is 1. The molecule has 0 fully saturated rings. The van der Waals surface area contributed by atoms with Crippen LogP contribution in [0.3, 0.4) is 0 Å². The lowest BCUT2D eigenvalue weighted by molar-refractivity contribution is -0.133. The Labute approximate surface area is 113 Å². The summed E-state index contributed by atoms with van der Waals surface area (Å²) < 4.78 is 5.21. The van der Waals surface area contributed by atoms with Gasteiger partial charge in [-0.05, 0) is 25.0 Å². The highest BCUT2D eigenvalue weighted by Gasteiger charge is 2.16. The van der Waals surface area contributed by atoms with Crippen molar-refractivity contribution in [1.82, 2.24) is 0 Å². The van der Waals surface area contributed by atoms with Gasteiger partial charge in [0.05, 0.1) is 0 Å². The molecule has 0 aliphatic rings. The van der Waals surface area contributed by atoms with Gasteiger partial charge in [-0.1, -0.05) is 56.5 Å². The first-order chi connectivity index (χ1) is 7.74. The van der Waals surface area contributed by atoms with Crippen molar-refractivity contribution in [1.29, 1.82) is 0 Å². The van der Waals surface area contributed by atoms with Crippen LogP contribution in [0, 0.1) is 0 Å². The number of carbonyl (C=O) groups is 1. The SMILES string of the molecule is O=C(Oc1ccccc1)C(Br)CCCCBr. The number of esters is 1. The summed E-state index contributed by atoms with van der Waals surface area (Å²) in [6.45, 7) is 0. The fraction of sp³-hybridized carbons (Fsp3) is 0.417. The number of halogens is 2. The van der Waals surface area contributed by atoms with E-state index in [1.807, 2.05) is 18.2 Å². The molecule has 1 aromatic carbocycles. The third kappa shape index (κ3) is 5.12. The molecule has 0 bridgehead atoms. The van der Waals surface area contributed by atoms with Gasteiger partial charge in [0.25, 0.3) is 0 Å². The molecule has 1 aromatic rings. The number of ether oxygens (including phenoxy) is 1. The number of para-hydroxylation sites is 1. The Balaban J connectivity index is 2.34. The predicted molar refractivity (Wildman–Crippen MR) is 72.4 cm³/mol. The minimum atomic E-state index is -0.222. The van der Waals surface area contributed by atoms with Gasteiger partial charge in [0.15, 0.2) is 0 Å². The van der Waals surface area contributed by atoms with Crippen molar-refractivity contribution in [3.8, 4) is 5.75 Å². The largest absolute Gasteiger partial charge is 0.426 e. The van der Waals surface area contributed by atoms with E-state index >= 15 is 0 Å². The van der Waals surface area contributed by atoms with Gasteiger partial charge in [-0.2, -0.15) is 0 Å². The molecule has 1 atom stereocenters. The number of alkyl halides is 2. The third-order valence-corrected chi connectivity index (χ3v) is 3.45. The quantitative estimate of drug-likeness (QED) is 0.337. The number of hydrogen-bond acceptors (Lipinski definition) is 2. The lowest BCUT2D eigenvalue weighted by Crippen LogP contribution is -2.20. The molecule has 0 aliphatic heterocycles. The predicted octanol–water partition coefficient (Wildman–Crippen LogP) is 3.92. The Hall–Kier alpha value is -0.350. The van der Waals surface area contributed by atoms with E-state index < -0.39 is 0 Å². The molecule has 88 valence electrons. The topological polar surface area (TPSA) is 26.3 Å². The first-order valence-electron chi connectivity index (χ1n) is 5.21. The molecule has 0 aromatic heterocycles. The minimum absolute atomic E-state index is 0.216. The fourth-order valence-corrected chi connectivity index (χ4v) is 2.02. The summed E-state index contributed by atoms with van der Waals surface area (Å²) in [5, 5.41) is 0.973. The molecular weight excluding hydrogens is 336 g/mol. The van der Waals surface area contributed by atoms with E-state index in [9.17, 15) is 4.79 Å². The summed E-state index contributed by atoms with van der Waals surface area (Å²) in [5.74, 6) is 0.373. The molecule has 4 heteroatoms. The molecule has 1 unspecified atom stereocenters. The maximum atomic E-state index is 11.6. The first-order valence-corrected chi connectivity index (χ1v) is 7.24. The summed E-state index contributed by atoms with van der Waals surface area (Å²) in [4.78, 5) is 11.4. The third-order valence-electron chi connectivity index (χ3n) is 2.06. The van der Waals surface area contributed by atoms with Gasteiger partial charge in [-0.15, -0.1) is 0 Å². The van der Waals surface area contributed by atoms with Crippen molar-refractivity contribution in [3.05, 3.63) is 30.3 Å². The van der Waals surface area contributed by atoms with Crippen LogP contribution in [0.25, 0.3) is 0 Å². The van der Waals surface area contributed by atoms with E-state index in [1.54, 1.807) is 12.1 Å². The smallest absolute Gasteiger partial charge is 0.325 e. The Morgan fingerprint density at radius 3 is 2.56 bits per heavy atom. The van der Waals surface area contributed by atoms with Crippen LogP contribution in [-0.4, -0.2) is 16.1 Å². The van der Waals surface area contributed by atoms with E-state index in [1.165, 1.54) is 0 Å². The zero-order chi connectivity index (χ0) is 11.8. The molecule has 16 heavy (non-hydrogen) atoms. The van der Waals surface area contributed by atoms with Crippen molar-refractivity contribution in [3.63, 3.8) is 0 Å². The Bertz CT molecular complexity index is 314. The molecule has 0 N–H and O–H groups in total. The highest BCUT2D eigenvalue weighted by atomic mass is 79.9. The van der Waals surface area contributed by atoms with Crippen molar-refractivity contribution in [2.75, 3.05) is 5.33 Å². The molecule has 0 saturated carbocycles. The van der Waals surface area contributed by atoms with Gasteiger partial charge in [0.2, 0.25) is 0 Å². The van der Waals surface area contributed by atoms with Crippen molar-refractivity contribution in [2.24, 2.45) is 0 Å². The van der Waals surface area contributed by atoms with Gasteiger partial charge in [-0.25, -0.2) is 0 Å².